The summed E-state index contributed by atoms with van der Waals surface area (Å²) in [5, 5.41) is 3.01. The SMILES string of the molecule is O=S(=O)(C1CC1)N1[CH]CNCC1. The van der Waals surface area contributed by atoms with Crippen molar-refractivity contribution >= 4 is 10.0 Å². The molecule has 2 rings (SSSR count). The van der Waals surface area contributed by atoms with E-state index in [0.29, 0.717) is 13.1 Å². The molecule has 0 spiro atoms. The molecule has 0 amide bonds. The summed E-state index contributed by atoms with van der Waals surface area (Å²) in [6, 6.07) is 0. The lowest BCUT2D eigenvalue weighted by molar-refractivity contribution is 0.411. The molecule has 12 heavy (non-hydrogen) atoms. The number of sulfonamides is 1. The van der Waals surface area contributed by atoms with Crippen LogP contribution in [0.25, 0.3) is 0 Å². The molecule has 2 aliphatic rings. The number of hydrogen-bond donors (Lipinski definition) is 1. The van der Waals surface area contributed by atoms with Gasteiger partial charge in [-0.3, -0.25) is 0 Å². The highest BCUT2D eigenvalue weighted by atomic mass is 32.2. The minimum Gasteiger partial charge on any atom is -0.314 e. The standard InChI is InChI=1S/C7H13N2O2S/c10-12(11,7-1-2-7)9-5-3-8-4-6-9/h5,7-8H,1-4,6H2. The first kappa shape index (κ1) is 8.47. The highest BCUT2D eigenvalue weighted by Crippen LogP contribution is 2.31. The second-order valence-electron chi connectivity index (χ2n) is 3.24. The van der Waals surface area contributed by atoms with Crippen LogP contribution in [0.5, 0.6) is 0 Å². The fourth-order valence-corrected chi connectivity index (χ4v) is 3.08. The minimum atomic E-state index is -2.95. The zero-order valence-electron chi connectivity index (χ0n) is 6.86. The molecule has 0 aromatic carbocycles. The molecule has 1 radical (unpaired) electrons. The Kier molecular flexibility index (Phi) is 2.10. The van der Waals surface area contributed by atoms with Crippen LogP contribution < -0.4 is 5.32 Å². The van der Waals surface area contributed by atoms with Crippen LogP contribution in [0.1, 0.15) is 12.8 Å². The Bertz CT molecular complexity index is 253. The summed E-state index contributed by atoms with van der Waals surface area (Å²) in [5.41, 5.74) is 0. The topological polar surface area (TPSA) is 49.4 Å². The largest absolute Gasteiger partial charge is 0.314 e. The van der Waals surface area contributed by atoms with Gasteiger partial charge in [-0.15, -0.1) is 0 Å². The Morgan fingerprint density at radius 2 is 2.17 bits per heavy atom. The first-order valence-electron chi connectivity index (χ1n) is 4.26. The maximum absolute atomic E-state index is 11.6. The van der Waals surface area contributed by atoms with Crippen LogP contribution in [-0.4, -0.2) is 37.6 Å². The lowest BCUT2D eigenvalue weighted by Crippen LogP contribution is -2.44. The van der Waals surface area contributed by atoms with Gasteiger partial charge < -0.3 is 5.32 Å². The molecule has 1 aliphatic carbocycles. The van der Waals surface area contributed by atoms with Crippen molar-refractivity contribution in [2.24, 2.45) is 0 Å². The summed E-state index contributed by atoms with van der Waals surface area (Å²) in [6.07, 6.45) is 1.69. The van der Waals surface area contributed by atoms with E-state index in [-0.39, 0.29) is 5.25 Å². The van der Waals surface area contributed by atoms with Crippen molar-refractivity contribution in [1.29, 1.82) is 0 Å². The second kappa shape index (κ2) is 2.97. The minimum absolute atomic E-state index is 0.0770. The van der Waals surface area contributed by atoms with Gasteiger partial charge in [-0.25, -0.2) is 8.42 Å². The van der Waals surface area contributed by atoms with Crippen molar-refractivity contribution in [2.45, 2.75) is 18.1 Å². The molecule has 1 aliphatic heterocycles. The first-order valence-corrected chi connectivity index (χ1v) is 5.76. The van der Waals surface area contributed by atoms with E-state index in [0.717, 1.165) is 19.4 Å². The third-order valence-electron chi connectivity index (χ3n) is 2.22. The van der Waals surface area contributed by atoms with Gasteiger partial charge in [0.25, 0.3) is 0 Å². The molecule has 1 heterocycles. The van der Waals surface area contributed by atoms with Crippen LogP contribution in [0, 0.1) is 6.54 Å². The average Bonchev–Trinajstić information content (AvgIpc) is 2.88. The van der Waals surface area contributed by atoms with E-state index in [4.69, 9.17) is 0 Å². The summed E-state index contributed by atoms with van der Waals surface area (Å²) < 4.78 is 24.7. The molecule has 1 N–H and O–H groups in total. The number of nitrogens with one attached hydrogen (secondary N) is 1. The smallest absolute Gasteiger partial charge is 0.217 e. The summed E-state index contributed by atoms with van der Waals surface area (Å²) in [6.45, 7) is 3.77. The van der Waals surface area contributed by atoms with Gasteiger partial charge in [0, 0.05) is 19.6 Å². The normalized spacial score (nSPS) is 27.3. The molecule has 0 aromatic rings. The van der Waals surface area contributed by atoms with Crippen molar-refractivity contribution in [3.63, 3.8) is 0 Å². The Morgan fingerprint density at radius 3 is 2.67 bits per heavy atom. The summed E-state index contributed by atoms with van der Waals surface area (Å²) in [5.74, 6) is 0. The average molecular weight is 189 g/mol. The van der Waals surface area contributed by atoms with Gasteiger partial charge in [-0.1, -0.05) is 0 Å². The zero-order valence-corrected chi connectivity index (χ0v) is 7.68. The fraction of sp³-hybridized carbons (Fsp3) is 0.857. The Labute approximate surface area is 73.0 Å². The predicted molar refractivity (Wildman–Crippen MR) is 45.8 cm³/mol. The molecule has 2 fully saturated rings. The van der Waals surface area contributed by atoms with Crippen LogP contribution in [0.3, 0.4) is 0 Å². The third kappa shape index (κ3) is 1.48. The Balaban J connectivity index is 2.05. The molecule has 0 unspecified atom stereocenters. The molecular formula is C7H13N2O2S. The molecule has 4 nitrogen and oxygen atoms in total. The first-order chi connectivity index (χ1) is 5.71. The number of nitrogens with zero attached hydrogens (tertiary/aromatic N) is 1. The lowest BCUT2D eigenvalue weighted by atomic mass is 10.4. The van der Waals surface area contributed by atoms with Crippen LogP contribution in [0.4, 0.5) is 0 Å². The fourth-order valence-electron chi connectivity index (χ4n) is 1.34. The molecule has 69 valence electrons. The second-order valence-corrected chi connectivity index (χ2v) is 5.41. The molecule has 1 saturated heterocycles. The van der Waals surface area contributed by atoms with Crippen molar-refractivity contribution in [3.05, 3.63) is 6.54 Å². The van der Waals surface area contributed by atoms with Gasteiger partial charge >= 0.3 is 0 Å². The maximum atomic E-state index is 11.6. The van der Waals surface area contributed by atoms with Gasteiger partial charge in [0.2, 0.25) is 10.0 Å². The highest BCUT2D eigenvalue weighted by Gasteiger charge is 2.40. The molecule has 0 bridgehead atoms. The van der Waals surface area contributed by atoms with Gasteiger partial charge in [0.1, 0.15) is 0 Å². The van der Waals surface area contributed by atoms with Gasteiger partial charge in [0.05, 0.1) is 11.8 Å². The summed E-state index contributed by atoms with van der Waals surface area (Å²) >= 11 is 0. The predicted octanol–water partition coefficient (Wildman–Crippen LogP) is -0.454. The van der Waals surface area contributed by atoms with E-state index < -0.39 is 10.0 Å². The van der Waals surface area contributed by atoms with Crippen molar-refractivity contribution < 1.29 is 8.42 Å². The maximum Gasteiger partial charge on any atom is 0.217 e. The summed E-state index contributed by atoms with van der Waals surface area (Å²) in [7, 11) is -2.95. The van der Waals surface area contributed by atoms with E-state index in [1.165, 1.54) is 4.31 Å². The highest BCUT2D eigenvalue weighted by molar-refractivity contribution is 7.90. The quantitative estimate of drug-likeness (QED) is 0.640. The van der Waals surface area contributed by atoms with Crippen LogP contribution in [-0.2, 0) is 10.0 Å². The van der Waals surface area contributed by atoms with Gasteiger partial charge in [-0.2, -0.15) is 4.31 Å². The van der Waals surface area contributed by atoms with E-state index in [1.54, 1.807) is 6.54 Å². The molecular weight excluding hydrogens is 176 g/mol. The van der Waals surface area contributed by atoms with Gasteiger partial charge in [0.15, 0.2) is 0 Å². The molecule has 0 aromatic heterocycles. The van der Waals surface area contributed by atoms with Crippen molar-refractivity contribution in [3.8, 4) is 0 Å². The monoisotopic (exact) mass is 189 g/mol. The lowest BCUT2D eigenvalue weighted by Gasteiger charge is -2.25. The van der Waals surface area contributed by atoms with Crippen molar-refractivity contribution in [1.82, 2.24) is 9.62 Å². The van der Waals surface area contributed by atoms with Crippen LogP contribution >= 0.6 is 0 Å². The molecule has 0 atom stereocenters. The summed E-state index contributed by atoms with van der Waals surface area (Å²) in [4.78, 5) is 0. The number of piperazine rings is 1. The molecule has 1 saturated carbocycles. The van der Waals surface area contributed by atoms with E-state index >= 15 is 0 Å². The van der Waals surface area contributed by atoms with Crippen LogP contribution in [0.15, 0.2) is 0 Å². The van der Waals surface area contributed by atoms with Crippen molar-refractivity contribution in [2.75, 3.05) is 19.6 Å². The number of rotatable bonds is 2. The van der Waals surface area contributed by atoms with E-state index in [2.05, 4.69) is 5.32 Å². The number of hydrogen-bond acceptors (Lipinski definition) is 3. The zero-order chi connectivity index (χ0) is 8.60. The van der Waals surface area contributed by atoms with Crippen LogP contribution in [0.2, 0.25) is 0 Å². The van der Waals surface area contributed by atoms with Gasteiger partial charge in [-0.05, 0) is 12.8 Å². The third-order valence-corrected chi connectivity index (χ3v) is 4.52. The Hall–Kier alpha value is -0.130. The van der Waals surface area contributed by atoms with E-state index in [9.17, 15) is 8.42 Å². The Morgan fingerprint density at radius 1 is 1.42 bits per heavy atom. The van der Waals surface area contributed by atoms with E-state index in [1.807, 2.05) is 0 Å². The molecule has 5 heteroatoms.